The summed E-state index contributed by atoms with van der Waals surface area (Å²) in [5.74, 6) is 3.57. The number of hydrogen-bond acceptors (Lipinski definition) is 6. The van der Waals surface area contributed by atoms with E-state index in [9.17, 15) is 23.6 Å². The van der Waals surface area contributed by atoms with Crippen molar-refractivity contribution in [2.24, 2.45) is 11.6 Å². The third-order valence-electron chi connectivity index (χ3n) is 4.31. The van der Waals surface area contributed by atoms with Crippen molar-refractivity contribution >= 4 is 29.5 Å². The first-order valence-corrected chi connectivity index (χ1v) is 9.52. The van der Waals surface area contributed by atoms with Crippen LogP contribution in [0.1, 0.15) is 24.2 Å². The van der Waals surface area contributed by atoms with E-state index in [2.05, 4.69) is 11.1 Å². The molecule has 1 atom stereocenters. The summed E-state index contributed by atoms with van der Waals surface area (Å²) in [6.45, 7) is 3.08. The van der Waals surface area contributed by atoms with Gasteiger partial charge in [-0.3, -0.25) is 24.7 Å². The number of nitrogens with one attached hydrogen (secondary N) is 2. The number of cyclic esters (lactones) is 1. The Kier molecular flexibility index (Phi) is 8.24. The predicted molar refractivity (Wildman–Crippen MR) is 115 cm³/mol. The highest BCUT2D eigenvalue weighted by Crippen LogP contribution is 2.29. The molecular weight excluding hydrogens is 421 g/mol. The molecule has 11 heteroatoms. The molecule has 1 aliphatic heterocycles. The van der Waals surface area contributed by atoms with Gasteiger partial charge in [0, 0.05) is 25.0 Å². The summed E-state index contributed by atoms with van der Waals surface area (Å²) in [6.07, 6.45) is -1.10. The molecule has 2 aromatic rings. The minimum atomic E-state index is -0.598. The van der Waals surface area contributed by atoms with Crippen LogP contribution in [-0.4, -0.2) is 43.0 Å². The van der Waals surface area contributed by atoms with Crippen LogP contribution >= 0.6 is 0 Å². The Labute approximate surface area is 183 Å². The molecule has 0 unspecified atom stereocenters. The number of rotatable bonds is 5. The molecule has 0 radical (unpaired) electrons. The Morgan fingerprint density at radius 3 is 2.31 bits per heavy atom. The molecule has 0 saturated carbocycles. The lowest BCUT2D eigenvalue weighted by Crippen LogP contribution is -2.33. The maximum atomic E-state index is 14.7. The number of nitrogens with zero attached hydrogens (tertiary/aromatic N) is 1. The van der Waals surface area contributed by atoms with Crippen LogP contribution < -0.4 is 27.2 Å². The molecule has 1 heterocycles. The van der Waals surface area contributed by atoms with Crippen molar-refractivity contribution in [2.75, 3.05) is 18.0 Å². The number of benzene rings is 2. The Hall–Kier alpha value is -3.99. The van der Waals surface area contributed by atoms with Gasteiger partial charge >= 0.3 is 6.09 Å². The highest BCUT2D eigenvalue weighted by molar-refractivity contribution is 5.94. The number of hydrazine groups is 1. The number of hydrogen-bond donors (Lipinski definition) is 4. The van der Waals surface area contributed by atoms with E-state index in [-0.39, 0.29) is 24.9 Å². The average Bonchev–Trinajstić information content (AvgIpc) is 3.12. The molecule has 10 nitrogen and oxygen atoms in total. The minimum Gasteiger partial charge on any atom is -0.442 e. The molecule has 6 N–H and O–H groups in total. The third kappa shape index (κ3) is 6.51. The van der Waals surface area contributed by atoms with Crippen molar-refractivity contribution < 1.29 is 28.3 Å². The second-order valence-electron chi connectivity index (χ2n) is 6.88. The summed E-state index contributed by atoms with van der Waals surface area (Å²) in [4.78, 5) is 45.0. The molecule has 0 aliphatic carbocycles. The first-order chi connectivity index (χ1) is 15.1. The van der Waals surface area contributed by atoms with Crippen LogP contribution in [0.25, 0.3) is 11.1 Å². The summed E-state index contributed by atoms with van der Waals surface area (Å²) in [6, 6.07) is 10.7. The number of halogens is 1. The maximum absolute atomic E-state index is 14.7. The van der Waals surface area contributed by atoms with Crippen molar-refractivity contribution in [3.63, 3.8) is 0 Å². The summed E-state index contributed by atoms with van der Waals surface area (Å²) in [5, 5.41) is 2.59. The van der Waals surface area contributed by atoms with Crippen LogP contribution in [0, 0.1) is 5.82 Å². The summed E-state index contributed by atoms with van der Waals surface area (Å²) in [5.41, 5.74) is 8.11. The second-order valence-corrected chi connectivity index (χ2v) is 6.88. The van der Waals surface area contributed by atoms with E-state index in [0.717, 1.165) is 0 Å². The Morgan fingerprint density at radius 1 is 1.16 bits per heavy atom. The number of primary amides is 1. The highest BCUT2D eigenvalue weighted by Gasteiger charge is 2.32. The molecule has 4 amide bonds. The smallest absolute Gasteiger partial charge is 0.414 e. The lowest BCUT2D eigenvalue weighted by Gasteiger charge is -2.14. The van der Waals surface area contributed by atoms with E-state index in [1.54, 1.807) is 24.3 Å². The normalized spacial score (nSPS) is 14.7. The SMILES string of the molecule is CC(=O)NC[C@H]1CN(c2ccc(-c3ccc(C(=O)NN)cc3)c(F)c2)C(=O)O1.CC(N)=O. The number of carbonyl (C=O) groups is 4. The first-order valence-electron chi connectivity index (χ1n) is 9.52. The van der Waals surface area contributed by atoms with Crippen LogP contribution in [0.15, 0.2) is 42.5 Å². The fraction of sp³-hybridized carbons (Fsp3) is 0.238. The zero-order valence-corrected chi connectivity index (χ0v) is 17.6. The van der Waals surface area contributed by atoms with E-state index in [0.29, 0.717) is 22.4 Å². The number of ether oxygens (including phenoxy) is 1. The van der Waals surface area contributed by atoms with Gasteiger partial charge in [-0.1, -0.05) is 12.1 Å². The Bertz CT molecular complexity index is 1010. The van der Waals surface area contributed by atoms with Crippen LogP contribution in [0.3, 0.4) is 0 Å². The van der Waals surface area contributed by atoms with E-state index in [1.807, 2.05) is 5.43 Å². The Balaban J connectivity index is 0.000000837. The lowest BCUT2D eigenvalue weighted by molar-refractivity contribution is -0.119. The van der Waals surface area contributed by atoms with Crippen LogP contribution in [0.5, 0.6) is 0 Å². The largest absolute Gasteiger partial charge is 0.442 e. The van der Waals surface area contributed by atoms with Crippen LogP contribution in [0.4, 0.5) is 14.9 Å². The molecular formula is C21H24FN5O5. The van der Waals surface area contributed by atoms with Gasteiger partial charge in [-0.15, -0.1) is 0 Å². The highest BCUT2D eigenvalue weighted by atomic mass is 19.1. The van der Waals surface area contributed by atoms with Crippen LogP contribution in [-0.2, 0) is 14.3 Å². The molecule has 32 heavy (non-hydrogen) atoms. The van der Waals surface area contributed by atoms with E-state index in [4.69, 9.17) is 10.6 Å². The van der Waals surface area contributed by atoms with Crippen LogP contribution in [0.2, 0.25) is 0 Å². The Morgan fingerprint density at radius 2 is 1.78 bits per heavy atom. The molecule has 1 aliphatic rings. The maximum Gasteiger partial charge on any atom is 0.414 e. The van der Waals surface area contributed by atoms with Crippen molar-refractivity contribution in [2.45, 2.75) is 20.0 Å². The first kappa shape index (κ1) is 24.3. The zero-order chi connectivity index (χ0) is 23.8. The van der Waals surface area contributed by atoms with Gasteiger partial charge < -0.3 is 15.8 Å². The monoisotopic (exact) mass is 445 g/mol. The average molecular weight is 445 g/mol. The number of carbonyl (C=O) groups excluding carboxylic acids is 4. The fourth-order valence-electron chi connectivity index (χ4n) is 2.89. The number of nitrogen functional groups attached to an aromatic ring is 1. The summed E-state index contributed by atoms with van der Waals surface area (Å²) in [7, 11) is 0. The molecule has 2 aromatic carbocycles. The summed E-state index contributed by atoms with van der Waals surface area (Å²) >= 11 is 0. The van der Waals surface area contributed by atoms with Gasteiger partial charge in [-0.25, -0.2) is 15.0 Å². The van der Waals surface area contributed by atoms with E-state index < -0.39 is 23.9 Å². The zero-order valence-electron chi connectivity index (χ0n) is 17.6. The van der Waals surface area contributed by atoms with Gasteiger partial charge in [0.25, 0.3) is 5.91 Å². The molecule has 3 rings (SSSR count). The molecule has 1 fully saturated rings. The van der Waals surface area contributed by atoms with Crippen molar-refractivity contribution in [1.29, 1.82) is 0 Å². The third-order valence-corrected chi connectivity index (χ3v) is 4.31. The van der Waals surface area contributed by atoms with Gasteiger partial charge in [0.15, 0.2) is 0 Å². The standard InChI is InChI=1S/C19H19FN4O4.C2H5NO/c1-11(25)22-9-15-10-24(19(27)28-15)14-6-7-16(17(20)8-14)12-2-4-13(5-3-12)18(26)23-21;1-2(3)4/h2-8,15H,9-10,21H2,1H3,(H,22,25)(H,23,26);1H3,(H2,3,4)/t15-;/m0./s1. The number of anilines is 1. The quantitative estimate of drug-likeness (QED) is 0.306. The van der Waals surface area contributed by atoms with Crippen molar-refractivity contribution in [3.8, 4) is 11.1 Å². The predicted octanol–water partition coefficient (Wildman–Crippen LogP) is 1.05. The number of nitrogens with two attached hydrogens (primary N) is 2. The van der Waals surface area contributed by atoms with Gasteiger partial charge in [0.2, 0.25) is 11.8 Å². The van der Waals surface area contributed by atoms with Crippen molar-refractivity contribution in [3.05, 3.63) is 53.8 Å². The number of amides is 4. The summed E-state index contributed by atoms with van der Waals surface area (Å²) < 4.78 is 19.8. The molecule has 0 spiro atoms. The van der Waals surface area contributed by atoms with Gasteiger partial charge in [0.1, 0.15) is 11.9 Å². The van der Waals surface area contributed by atoms with Gasteiger partial charge in [-0.05, 0) is 35.9 Å². The minimum absolute atomic E-state index is 0.195. The van der Waals surface area contributed by atoms with E-state index >= 15 is 0 Å². The van der Waals surface area contributed by atoms with Gasteiger partial charge in [0.05, 0.1) is 18.8 Å². The topological polar surface area (TPSA) is 157 Å². The molecule has 170 valence electrons. The van der Waals surface area contributed by atoms with Gasteiger partial charge in [-0.2, -0.15) is 0 Å². The fourth-order valence-corrected chi connectivity index (χ4v) is 2.89. The molecule has 0 bridgehead atoms. The second kappa shape index (κ2) is 10.9. The van der Waals surface area contributed by atoms with E-state index in [1.165, 1.54) is 36.9 Å². The lowest BCUT2D eigenvalue weighted by atomic mass is 10.0. The molecule has 1 saturated heterocycles. The van der Waals surface area contributed by atoms with Crippen molar-refractivity contribution in [1.82, 2.24) is 10.7 Å². The molecule has 0 aromatic heterocycles.